The number of hydrogen-bond acceptors (Lipinski definition) is 4. The molecule has 2 aliphatic rings. The van der Waals surface area contributed by atoms with Gasteiger partial charge in [-0.25, -0.2) is 4.79 Å². The van der Waals surface area contributed by atoms with Gasteiger partial charge in [0, 0.05) is 19.5 Å². The monoisotopic (exact) mass is 365 g/mol. The molecule has 4 rings (SSSR count). The largest absolute Gasteiger partial charge is 0.390 e. The van der Waals surface area contributed by atoms with Gasteiger partial charge in [0.25, 0.3) is 0 Å². The molecule has 27 heavy (non-hydrogen) atoms. The lowest BCUT2D eigenvalue weighted by molar-refractivity contribution is 0.0500. The van der Waals surface area contributed by atoms with Gasteiger partial charge in [0.15, 0.2) is 6.10 Å². The molecule has 2 aromatic carbocycles. The van der Waals surface area contributed by atoms with Crippen LogP contribution >= 0.6 is 0 Å². The van der Waals surface area contributed by atoms with Crippen LogP contribution in [0.15, 0.2) is 59.8 Å². The molecule has 2 amide bonds. The Morgan fingerprint density at radius 1 is 1.00 bits per heavy atom. The van der Waals surface area contributed by atoms with Gasteiger partial charge in [-0.15, -0.1) is 0 Å². The summed E-state index contributed by atoms with van der Waals surface area (Å²) in [5, 5.41) is 7.14. The van der Waals surface area contributed by atoms with Crippen LogP contribution in [0.3, 0.4) is 0 Å². The highest BCUT2D eigenvalue weighted by atomic mass is 16.6. The molecule has 140 valence electrons. The van der Waals surface area contributed by atoms with Crippen LogP contribution in [0.5, 0.6) is 0 Å². The van der Waals surface area contributed by atoms with Gasteiger partial charge in [0.05, 0.1) is 25.5 Å². The van der Waals surface area contributed by atoms with Gasteiger partial charge in [0.1, 0.15) is 0 Å². The van der Waals surface area contributed by atoms with Crippen LogP contribution in [0.1, 0.15) is 12.0 Å². The number of oxime groups is 1. The van der Waals surface area contributed by atoms with Gasteiger partial charge >= 0.3 is 6.03 Å². The van der Waals surface area contributed by atoms with Crippen molar-refractivity contribution in [3.63, 3.8) is 0 Å². The van der Waals surface area contributed by atoms with Crippen molar-refractivity contribution >= 4 is 11.7 Å². The third-order valence-electron chi connectivity index (χ3n) is 4.84. The maximum Gasteiger partial charge on any atom is 0.317 e. The Balaban J connectivity index is 1.29. The molecule has 0 spiro atoms. The van der Waals surface area contributed by atoms with E-state index in [2.05, 4.69) is 46.9 Å². The van der Waals surface area contributed by atoms with Crippen LogP contribution in [0, 0.1) is 0 Å². The lowest BCUT2D eigenvalue weighted by Gasteiger charge is -2.27. The van der Waals surface area contributed by atoms with Crippen molar-refractivity contribution in [2.24, 2.45) is 5.16 Å². The summed E-state index contributed by atoms with van der Waals surface area (Å²) >= 11 is 0. The number of benzene rings is 2. The van der Waals surface area contributed by atoms with Crippen molar-refractivity contribution < 1.29 is 14.4 Å². The van der Waals surface area contributed by atoms with Crippen molar-refractivity contribution in [3.8, 4) is 11.1 Å². The Hall–Kier alpha value is -2.86. The molecule has 0 aromatic heterocycles. The predicted molar refractivity (Wildman–Crippen MR) is 104 cm³/mol. The lowest BCUT2D eigenvalue weighted by Crippen LogP contribution is -2.47. The molecule has 1 saturated heterocycles. The minimum Gasteiger partial charge on any atom is -0.390 e. The summed E-state index contributed by atoms with van der Waals surface area (Å²) in [6.45, 7) is 2.91. The molecule has 6 heteroatoms. The van der Waals surface area contributed by atoms with Crippen LogP contribution in [0.25, 0.3) is 11.1 Å². The normalized spacial score (nSPS) is 19.3. The number of carbonyl (C=O) groups is 1. The molecule has 2 heterocycles. The van der Waals surface area contributed by atoms with Crippen molar-refractivity contribution in [3.05, 3.63) is 60.2 Å². The van der Waals surface area contributed by atoms with E-state index in [4.69, 9.17) is 9.57 Å². The number of carbonyl (C=O) groups excluding carboxylic acids is 1. The molecule has 0 radical (unpaired) electrons. The third-order valence-corrected chi connectivity index (χ3v) is 4.84. The van der Waals surface area contributed by atoms with Crippen LogP contribution in [0.4, 0.5) is 4.79 Å². The first-order valence-electron chi connectivity index (χ1n) is 9.29. The van der Waals surface area contributed by atoms with Gasteiger partial charge in [-0.05, 0) is 16.7 Å². The van der Waals surface area contributed by atoms with Crippen LogP contribution in [-0.4, -0.2) is 55.6 Å². The van der Waals surface area contributed by atoms with Gasteiger partial charge in [-0.3, -0.25) is 0 Å². The summed E-state index contributed by atoms with van der Waals surface area (Å²) < 4.78 is 5.26. The summed E-state index contributed by atoms with van der Waals surface area (Å²) in [6.07, 6.45) is 0.562. The Kier molecular flexibility index (Phi) is 5.34. The maximum atomic E-state index is 12.1. The molecule has 0 saturated carbocycles. The highest BCUT2D eigenvalue weighted by molar-refractivity contribution is 6.01. The second-order valence-corrected chi connectivity index (χ2v) is 6.70. The first-order valence-corrected chi connectivity index (χ1v) is 9.29. The van der Waals surface area contributed by atoms with Gasteiger partial charge in [-0.1, -0.05) is 59.8 Å². The maximum absolute atomic E-state index is 12.1. The summed E-state index contributed by atoms with van der Waals surface area (Å²) in [5.41, 5.74) is 4.34. The van der Waals surface area contributed by atoms with Crippen molar-refractivity contribution in [1.29, 1.82) is 0 Å². The van der Waals surface area contributed by atoms with Gasteiger partial charge in [-0.2, -0.15) is 0 Å². The van der Waals surface area contributed by atoms with E-state index in [0.29, 0.717) is 39.3 Å². The second-order valence-electron chi connectivity index (χ2n) is 6.70. The van der Waals surface area contributed by atoms with E-state index in [1.165, 1.54) is 11.1 Å². The molecule has 2 aliphatic heterocycles. The number of nitrogens with one attached hydrogen (secondary N) is 1. The van der Waals surface area contributed by atoms with Crippen molar-refractivity contribution in [1.82, 2.24) is 10.2 Å². The number of amides is 2. The Bertz CT molecular complexity index is 799. The van der Waals surface area contributed by atoms with E-state index in [1.54, 1.807) is 4.90 Å². The fraction of sp³-hybridized carbons (Fsp3) is 0.333. The molecule has 1 fully saturated rings. The van der Waals surface area contributed by atoms with E-state index in [9.17, 15) is 4.79 Å². The fourth-order valence-corrected chi connectivity index (χ4v) is 3.27. The van der Waals surface area contributed by atoms with E-state index < -0.39 is 0 Å². The molecule has 1 N–H and O–H groups in total. The number of hydrogen-bond donors (Lipinski definition) is 1. The topological polar surface area (TPSA) is 63.2 Å². The average molecular weight is 365 g/mol. The standard InChI is InChI=1S/C21H23N3O3/c25-21(24-10-12-26-13-11-24)22-15-19-14-20(23-27-19)18-8-6-17(7-9-18)16-4-2-1-3-5-16/h1-9,19H,10-15H2,(H,22,25)/t19-/m0/s1. The number of nitrogens with zero attached hydrogens (tertiary/aromatic N) is 2. The van der Waals surface area contributed by atoms with Crippen LogP contribution < -0.4 is 5.32 Å². The summed E-state index contributed by atoms with van der Waals surface area (Å²) in [7, 11) is 0. The average Bonchev–Trinajstić information content (AvgIpc) is 3.22. The highest BCUT2D eigenvalue weighted by Gasteiger charge is 2.24. The highest BCUT2D eigenvalue weighted by Crippen LogP contribution is 2.22. The van der Waals surface area contributed by atoms with E-state index >= 15 is 0 Å². The quantitative estimate of drug-likeness (QED) is 0.906. The molecular formula is C21H23N3O3. The first-order chi connectivity index (χ1) is 13.3. The molecule has 1 atom stereocenters. The smallest absolute Gasteiger partial charge is 0.317 e. The minimum absolute atomic E-state index is 0.0671. The predicted octanol–water partition coefficient (Wildman–Crippen LogP) is 2.89. The van der Waals surface area contributed by atoms with Crippen molar-refractivity contribution in [2.45, 2.75) is 12.5 Å². The fourth-order valence-electron chi connectivity index (χ4n) is 3.27. The second kappa shape index (κ2) is 8.22. The molecule has 0 unspecified atom stereocenters. The Morgan fingerprint density at radius 3 is 2.41 bits per heavy atom. The molecule has 6 nitrogen and oxygen atoms in total. The number of ether oxygens (including phenoxy) is 1. The van der Waals surface area contributed by atoms with E-state index in [-0.39, 0.29) is 12.1 Å². The van der Waals surface area contributed by atoms with E-state index in [1.807, 2.05) is 18.2 Å². The van der Waals surface area contributed by atoms with Crippen LogP contribution in [-0.2, 0) is 9.57 Å². The zero-order valence-electron chi connectivity index (χ0n) is 15.1. The molecule has 2 aromatic rings. The summed E-state index contributed by atoms with van der Waals surface area (Å²) in [5.74, 6) is 0. The molecule has 0 bridgehead atoms. The van der Waals surface area contributed by atoms with Gasteiger partial charge in [0.2, 0.25) is 0 Å². The minimum atomic E-state index is -0.126. The summed E-state index contributed by atoms with van der Waals surface area (Å²) in [4.78, 5) is 19.4. The number of morpholine rings is 1. The number of urea groups is 1. The van der Waals surface area contributed by atoms with Gasteiger partial charge < -0.3 is 19.8 Å². The lowest BCUT2D eigenvalue weighted by atomic mass is 10.0. The zero-order chi connectivity index (χ0) is 18.5. The summed E-state index contributed by atoms with van der Waals surface area (Å²) in [6, 6.07) is 18.5. The zero-order valence-corrected chi connectivity index (χ0v) is 15.1. The van der Waals surface area contributed by atoms with E-state index in [0.717, 1.165) is 11.3 Å². The SMILES string of the molecule is O=C(NC[C@@H]1CC(c2ccc(-c3ccccc3)cc2)=NO1)N1CCOCC1. The molecular weight excluding hydrogens is 342 g/mol. The number of rotatable bonds is 4. The van der Waals surface area contributed by atoms with Crippen molar-refractivity contribution in [2.75, 3.05) is 32.8 Å². The Morgan fingerprint density at radius 2 is 1.67 bits per heavy atom. The molecule has 0 aliphatic carbocycles. The third kappa shape index (κ3) is 4.28. The Labute approximate surface area is 158 Å². The van der Waals surface area contributed by atoms with Crippen LogP contribution in [0.2, 0.25) is 0 Å². The first kappa shape index (κ1) is 17.5.